The van der Waals surface area contributed by atoms with Gasteiger partial charge in [0.15, 0.2) is 0 Å². The molecule has 0 unspecified atom stereocenters. The van der Waals surface area contributed by atoms with Gasteiger partial charge in [-0.25, -0.2) is 0 Å². The summed E-state index contributed by atoms with van der Waals surface area (Å²) < 4.78 is 8.03. The van der Waals surface area contributed by atoms with Crippen LogP contribution in [-0.4, -0.2) is 5.54 Å². The lowest BCUT2D eigenvalue weighted by molar-refractivity contribution is 0.424. The highest BCUT2D eigenvalue weighted by atomic mass is 127. The summed E-state index contributed by atoms with van der Waals surface area (Å²) in [6.45, 7) is 7.33. The topological polar surface area (TPSA) is 21.3 Å². The first-order valence-electron chi connectivity index (χ1n) is 6.81. The first kappa shape index (κ1) is 16.8. The van der Waals surface area contributed by atoms with Crippen molar-refractivity contribution in [1.29, 1.82) is 0 Å². The van der Waals surface area contributed by atoms with E-state index in [1.807, 2.05) is 30.3 Å². The molecule has 0 bridgehead atoms. The highest BCUT2D eigenvalue weighted by Crippen LogP contribution is 2.32. The van der Waals surface area contributed by atoms with Gasteiger partial charge in [0.25, 0.3) is 0 Å². The van der Waals surface area contributed by atoms with Crippen molar-refractivity contribution in [3.8, 4) is 11.5 Å². The van der Waals surface area contributed by atoms with E-state index in [1.165, 1.54) is 5.56 Å². The van der Waals surface area contributed by atoms with Crippen LogP contribution < -0.4 is 10.1 Å². The van der Waals surface area contributed by atoms with Crippen molar-refractivity contribution in [3.05, 3.63) is 56.1 Å². The van der Waals surface area contributed by atoms with Crippen molar-refractivity contribution < 1.29 is 4.74 Å². The molecular weight excluding hydrogens is 441 g/mol. The number of hydrogen-bond donors (Lipinski definition) is 1. The molecule has 2 aromatic rings. The predicted molar refractivity (Wildman–Crippen MR) is 100.0 cm³/mol. The molecule has 0 saturated heterocycles. The Morgan fingerprint density at radius 1 is 1.10 bits per heavy atom. The summed E-state index contributed by atoms with van der Waals surface area (Å²) in [4.78, 5) is 0. The number of para-hydroxylation sites is 1. The molecule has 2 nitrogen and oxygen atoms in total. The number of rotatable bonds is 4. The van der Waals surface area contributed by atoms with Crippen LogP contribution in [-0.2, 0) is 6.54 Å². The van der Waals surface area contributed by atoms with E-state index >= 15 is 0 Å². The van der Waals surface area contributed by atoms with Crippen LogP contribution in [0.1, 0.15) is 26.3 Å². The minimum absolute atomic E-state index is 0.113. The quantitative estimate of drug-likeness (QED) is 0.589. The standard InChI is InChI=1S/C17H19BrINO/c1-17(2,3)20-11-12-8-9-15(13(18)10-12)21-16-7-5-4-6-14(16)19/h4-10,20H,11H2,1-3H3. The molecule has 0 aliphatic carbocycles. The minimum atomic E-state index is 0.113. The van der Waals surface area contributed by atoms with Crippen molar-refractivity contribution in [2.24, 2.45) is 0 Å². The monoisotopic (exact) mass is 459 g/mol. The third kappa shape index (κ3) is 5.27. The second-order valence-corrected chi connectivity index (χ2v) is 7.92. The van der Waals surface area contributed by atoms with Crippen molar-refractivity contribution in [1.82, 2.24) is 5.32 Å². The fourth-order valence-corrected chi connectivity index (χ4v) is 2.75. The van der Waals surface area contributed by atoms with Gasteiger partial charge < -0.3 is 10.1 Å². The predicted octanol–water partition coefficient (Wildman–Crippen LogP) is 5.73. The normalized spacial score (nSPS) is 11.5. The lowest BCUT2D eigenvalue weighted by Crippen LogP contribution is -2.35. The third-order valence-corrected chi connectivity index (χ3v) is 4.39. The number of ether oxygens (including phenoxy) is 1. The van der Waals surface area contributed by atoms with E-state index in [0.717, 1.165) is 26.1 Å². The second kappa shape index (κ2) is 7.11. The maximum absolute atomic E-state index is 5.97. The molecule has 0 radical (unpaired) electrons. The van der Waals surface area contributed by atoms with Crippen molar-refractivity contribution >= 4 is 38.5 Å². The smallest absolute Gasteiger partial charge is 0.141 e. The Bertz CT molecular complexity index is 622. The van der Waals surface area contributed by atoms with Gasteiger partial charge in [0.1, 0.15) is 11.5 Å². The molecule has 0 heterocycles. The Hall–Kier alpha value is -0.590. The van der Waals surface area contributed by atoms with E-state index in [4.69, 9.17) is 4.74 Å². The lowest BCUT2D eigenvalue weighted by Gasteiger charge is -2.20. The van der Waals surface area contributed by atoms with Gasteiger partial charge in [-0.15, -0.1) is 0 Å². The van der Waals surface area contributed by atoms with E-state index in [-0.39, 0.29) is 5.54 Å². The van der Waals surface area contributed by atoms with Crippen LogP contribution >= 0.6 is 38.5 Å². The maximum atomic E-state index is 5.97. The Labute approximate surface area is 148 Å². The Balaban J connectivity index is 2.11. The molecule has 0 aliphatic heterocycles. The Morgan fingerprint density at radius 3 is 2.43 bits per heavy atom. The number of halogens is 2. The summed E-state index contributed by atoms with van der Waals surface area (Å²) in [6.07, 6.45) is 0. The third-order valence-electron chi connectivity index (χ3n) is 2.88. The maximum Gasteiger partial charge on any atom is 0.141 e. The number of hydrogen-bond acceptors (Lipinski definition) is 2. The highest BCUT2D eigenvalue weighted by molar-refractivity contribution is 14.1. The van der Waals surface area contributed by atoms with Crippen LogP contribution in [0.2, 0.25) is 0 Å². The molecule has 1 N–H and O–H groups in total. The molecule has 0 aliphatic rings. The van der Waals surface area contributed by atoms with Crippen LogP contribution in [0.5, 0.6) is 11.5 Å². The fourth-order valence-electron chi connectivity index (χ4n) is 1.75. The summed E-state index contributed by atoms with van der Waals surface area (Å²) >= 11 is 5.87. The summed E-state index contributed by atoms with van der Waals surface area (Å²) in [5.74, 6) is 1.71. The zero-order valence-electron chi connectivity index (χ0n) is 12.4. The van der Waals surface area contributed by atoms with Crippen molar-refractivity contribution in [2.45, 2.75) is 32.9 Å². The summed E-state index contributed by atoms with van der Waals surface area (Å²) in [5, 5.41) is 3.48. The van der Waals surface area contributed by atoms with Crippen molar-refractivity contribution in [2.75, 3.05) is 0 Å². The molecule has 0 fully saturated rings. The summed E-state index contributed by atoms with van der Waals surface area (Å²) in [6, 6.07) is 14.2. The molecule has 4 heteroatoms. The SMILES string of the molecule is CC(C)(C)NCc1ccc(Oc2ccccc2I)c(Br)c1. The Morgan fingerprint density at radius 2 is 1.81 bits per heavy atom. The summed E-state index contributed by atoms with van der Waals surface area (Å²) in [7, 11) is 0. The van der Waals surface area contributed by atoms with Gasteiger partial charge in [-0.2, -0.15) is 0 Å². The average molecular weight is 460 g/mol. The summed E-state index contributed by atoms with van der Waals surface area (Å²) in [5.41, 5.74) is 1.34. The second-order valence-electron chi connectivity index (χ2n) is 5.90. The highest BCUT2D eigenvalue weighted by Gasteiger charge is 2.10. The van der Waals surface area contributed by atoms with Gasteiger partial charge in [-0.05, 0) is 89.1 Å². The van der Waals surface area contributed by atoms with Gasteiger partial charge in [-0.1, -0.05) is 18.2 Å². The van der Waals surface area contributed by atoms with E-state index in [1.54, 1.807) is 0 Å². The van der Waals surface area contributed by atoms with Crippen LogP contribution in [0.4, 0.5) is 0 Å². The largest absolute Gasteiger partial charge is 0.455 e. The number of benzene rings is 2. The molecule has 0 amide bonds. The van der Waals surface area contributed by atoms with Crippen LogP contribution in [0.15, 0.2) is 46.9 Å². The van der Waals surface area contributed by atoms with Crippen LogP contribution in [0.3, 0.4) is 0 Å². The molecule has 0 spiro atoms. The zero-order valence-corrected chi connectivity index (χ0v) is 16.2. The molecule has 2 rings (SSSR count). The van der Waals surface area contributed by atoms with Gasteiger partial charge in [0.2, 0.25) is 0 Å². The average Bonchev–Trinajstić information content (AvgIpc) is 2.41. The first-order valence-corrected chi connectivity index (χ1v) is 8.68. The van der Waals surface area contributed by atoms with Gasteiger partial charge >= 0.3 is 0 Å². The molecule has 112 valence electrons. The number of nitrogens with one attached hydrogen (secondary N) is 1. The van der Waals surface area contributed by atoms with E-state index in [9.17, 15) is 0 Å². The van der Waals surface area contributed by atoms with Gasteiger partial charge in [0, 0.05) is 12.1 Å². The molecule has 21 heavy (non-hydrogen) atoms. The van der Waals surface area contributed by atoms with Crippen molar-refractivity contribution in [3.63, 3.8) is 0 Å². The molecule has 0 aromatic heterocycles. The molecule has 0 atom stereocenters. The van der Waals surface area contributed by atoms with Crippen LogP contribution in [0.25, 0.3) is 0 Å². The van der Waals surface area contributed by atoms with Crippen LogP contribution in [0, 0.1) is 3.57 Å². The lowest BCUT2D eigenvalue weighted by atomic mass is 10.1. The van der Waals surface area contributed by atoms with E-state index in [0.29, 0.717) is 0 Å². The fraction of sp³-hybridized carbons (Fsp3) is 0.294. The van der Waals surface area contributed by atoms with E-state index < -0.39 is 0 Å². The molecular formula is C17H19BrINO. The molecule has 2 aromatic carbocycles. The minimum Gasteiger partial charge on any atom is -0.455 e. The Kier molecular flexibility index (Phi) is 5.68. The molecule has 0 saturated carbocycles. The van der Waals surface area contributed by atoms with Gasteiger partial charge in [-0.3, -0.25) is 0 Å². The van der Waals surface area contributed by atoms with E-state index in [2.05, 4.69) is 76.7 Å². The van der Waals surface area contributed by atoms with Gasteiger partial charge in [0.05, 0.1) is 8.04 Å². The first-order chi connectivity index (χ1) is 9.85. The zero-order chi connectivity index (χ0) is 15.5.